The summed E-state index contributed by atoms with van der Waals surface area (Å²) in [6.45, 7) is 9.83. The van der Waals surface area contributed by atoms with Crippen LogP contribution in [0.1, 0.15) is 38.8 Å². The predicted octanol–water partition coefficient (Wildman–Crippen LogP) is 2.79. The van der Waals surface area contributed by atoms with Crippen LogP contribution in [0.15, 0.2) is 43.0 Å². The SMILES string of the molecule is C=CCN(NC(=O)NC(C)c1ccccc1)C(CC)C(=O)OCC. The zero-order valence-corrected chi connectivity index (χ0v) is 14.6. The Morgan fingerprint density at radius 2 is 1.96 bits per heavy atom. The van der Waals surface area contributed by atoms with Crippen molar-refractivity contribution in [3.63, 3.8) is 0 Å². The number of benzene rings is 1. The first-order valence-electron chi connectivity index (χ1n) is 8.19. The van der Waals surface area contributed by atoms with Crippen LogP contribution in [-0.2, 0) is 9.53 Å². The van der Waals surface area contributed by atoms with Gasteiger partial charge in [-0.1, -0.05) is 43.3 Å². The lowest BCUT2D eigenvalue weighted by molar-refractivity contribution is -0.150. The first-order valence-corrected chi connectivity index (χ1v) is 8.19. The van der Waals surface area contributed by atoms with Crippen LogP contribution in [-0.4, -0.2) is 36.2 Å². The fourth-order valence-corrected chi connectivity index (χ4v) is 2.33. The van der Waals surface area contributed by atoms with E-state index in [-0.39, 0.29) is 18.0 Å². The highest BCUT2D eigenvalue weighted by molar-refractivity contribution is 5.78. The quantitative estimate of drug-likeness (QED) is 0.414. The molecule has 0 heterocycles. The number of ether oxygens (including phenoxy) is 1. The molecule has 0 spiro atoms. The van der Waals surface area contributed by atoms with Crippen LogP contribution < -0.4 is 10.7 Å². The molecule has 0 radical (unpaired) electrons. The van der Waals surface area contributed by atoms with Gasteiger partial charge in [0.25, 0.3) is 0 Å². The van der Waals surface area contributed by atoms with E-state index in [9.17, 15) is 9.59 Å². The van der Waals surface area contributed by atoms with Gasteiger partial charge in [-0.3, -0.25) is 10.2 Å². The summed E-state index contributed by atoms with van der Waals surface area (Å²) >= 11 is 0. The highest BCUT2D eigenvalue weighted by Crippen LogP contribution is 2.11. The third-order valence-electron chi connectivity index (χ3n) is 3.54. The highest BCUT2D eigenvalue weighted by atomic mass is 16.5. The van der Waals surface area contributed by atoms with Crippen LogP contribution in [0, 0.1) is 0 Å². The van der Waals surface area contributed by atoms with Crippen LogP contribution in [0.2, 0.25) is 0 Å². The van der Waals surface area contributed by atoms with Crippen molar-refractivity contribution in [1.29, 1.82) is 0 Å². The van der Waals surface area contributed by atoms with Crippen LogP contribution in [0.3, 0.4) is 0 Å². The minimum Gasteiger partial charge on any atom is -0.465 e. The molecule has 0 aromatic heterocycles. The van der Waals surface area contributed by atoms with E-state index in [0.29, 0.717) is 19.6 Å². The van der Waals surface area contributed by atoms with Gasteiger partial charge in [0.05, 0.1) is 12.6 Å². The molecule has 132 valence electrons. The summed E-state index contributed by atoms with van der Waals surface area (Å²) in [5, 5.41) is 4.40. The number of urea groups is 1. The summed E-state index contributed by atoms with van der Waals surface area (Å²) in [4.78, 5) is 24.3. The summed E-state index contributed by atoms with van der Waals surface area (Å²) in [5.41, 5.74) is 3.72. The van der Waals surface area contributed by atoms with Crippen molar-refractivity contribution in [3.8, 4) is 0 Å². The van der Waals surface area contributed by atoms with Gasteiger partial charge >= 0.3 is 12.0 Å². The van der Waals surface area contributed by atoms with E-state index in [1.54, 1.807) is 13.0 Å². The molecular formula is C18H27N3O3. The molecule has 0 saturated heterocycles. The zero-order valence-electron chi connectivity index (χ0n) is 14.6. The number of hydrazine groups is 1. The molecule has 0 aliphatic carbocycles. The number of amides is 2. The number of nitrogens with one attached hydrogen (secondary N) is 2. The first kappa shape index (κ1) is 19.7. The lowest BCUT2D eigenvalue weighted by atomic mass is 10.1. The van der Waals surface area contributed by atoms with Crippen LogP contribution in [0.25, 0.3) is 0 Å². The lowest BCUT2D eigenvalue weighted by Gasteiger charge is -2.29. The molecule has 2 N–H and O–H groups in total. The van der Waals surface area contributed by atoms with Gasteiger partial charge in [-0.05, 0) is 25.8 Å². The molecular weight excluding hydrogens is 306 g/mol. The molecule has 1 aromatic carbocycles. The average Bonchev–Trinajstić information content (AvgIpc) is 2.56. The monoisotopic (exact) mass is 333 g/mol. The minimum absolute atomic E-state index is 0.153. The topological polar surface area (TPSA) is 70.7 Å². The molecule has 0 bridgehead atoms. The Morgan fingerprint density at radius 3 is 2.50 bits per heavy atom. The van der Waals surface area contributed by atoms with Gasteiger partial charge in [0.15, 0.2) is 0 Å². The summed E-state index contributed by atoms with van der Waals surface area (Å²) in [6, 6.07) is 8.57. The number of rotatable bonds is 9. The molecule has 2 unspecified atom stereocenters. The molecule has 0 aliphatic rings. The maximum atomic E-state index is 12.3. The van der Waals surface area contributed by atoms with Gasteiger partial charge < -0.3 is 10.1 Å². The van der Waals surface area contributed by atoms with E-state index in [2.05, 4.69) is 17.3 Å². The third kappa shape index (κ3) is 6.04. The highest BCUT2D eigenvalue weighted by Gasteiger charge is 2.26. The number of carbonyl (C=O) groups is 2. The Kier molecular flexibility index (Phi) is 8.57. The standard InChI is InChI=1S/C18H27N3O3/c1-5-13-21(16(6-2)17(22)24-7-3)20-18(23)19-14(4)15-11-9-8-10-12-15/h5,8-12,14,16H,1,6-7,13H2,2-4H3,(H2,19,20,23). The molecule has 0 aliphatic heterocycles. The maximum absolute atomic E-state index is 12.3. The fourth-order valence-electron chi connectivity index (χ4n) is 2.33. The van der Waals surface area contributed by atoms with Crippen LogP contribution >= 0.6 is 0 Å². The second-order valence-electron chi connectivity index (χ2n) is 5.33. The number of nitrogens with zero attached hydrogens (tertiary/aromatic N) is 1. The van der Waals surface area contributed by atoms with Gasteiger partial charge in [-0.2, -0.15) is 0 Å². The van der Waals surface area contributed by atoms with E-state index in [0.717, 1.165) is 5.56 Å². The number of hydrogen-bond acceptors (Lipinski definition) is 4. The van der Waals surface area contributed by atoms with E-state index in [4.69, 9.17) is 4.74 Å². The maximum Gasteiger partial charge on any atom is 0.329 e. The smallest absolute Gasteiger partial charge is 0.329 e. The molecule has 2 atom stereocenters. The van der Waals surface area contributed by atoms with Crippen LogP contribution in [0.5, 0.6) is 0 Å². The molecule has 1 aromatic rings. The van der Waals surface area contributed by atoms with Gasteiger partial charge in [0, 0.05) is 6.54 Å². The Morgan fingerprint density at radius 1 is 1.29 bits per heavy atom. The molecule has 24 heavy (non-hydrogen) atoms. The molecule has 1 rings (SSSR count). The van der Waals surface area contributed by atoms with E-state index in [1.165, 1.54) is 5.01 Å². The largest absolute Gasteiger partial charge is 0.465 e. The number of esters is 1. The summed E-state index contributed by atoms with van der Waals surface area (Å²) in [5.74, 6) is -0.363. The summed E-state index contributed by atoms with van der Waals surface area (Å²) in [6.07, 6.45) is 2.14. The van der Waals surface area contributed by atoms with Crippen molar-refractivity contribution in [2.45, 2.75) is 39.3 Å². The van der Waals surface area contributed by atoms with E-state index >= 15 is 0 Å². The number of hydrogen-bond donors (Lipinski definition) is 2. The second kappa shape index (κ2) is 10.4. The fraction of sp³-hybridized carbons (Fsp3) is 0.444. The normalized spacial score (nSPS) is 13.0. The molecule has 0 saturated carbocycles. The third-order valence-corrected chi connectivity index (χ3v) is 3.54. The van der Waals surface area contributed by atoms with Gasteiger partial charge in [-0.25, -0.2) is 9.80 Å². The Balaban J connectivity index is 2.70. The summed E-state index contributed by atoms with van der Waals surface area (Å²) in [7, 11) is 0. The Bertz CT molecular complexity index is 534. The van der Waals surface area contributed by atoms with Crippen molar-refractivity contribution in [2.24, 2.45) is 0 Å². The van der Waals surface area contributed by atoms with Crippen molar-refractivity contribution in [1.82, 2.24) is 15.8 Å². The van der Waals surface area contributed by atoms with Gasteiger partial charge in [0.1, 0.15) is 6.04 Å². The Hall–Kier alpha value is -2.34. The first-order chi connectivity index (χ1) is 11.5. The Labute approximate surface area is 143 Å². The number of carbonyl (C=O) groups excluding carboxylic acids is 2. The van der Waals surface area contributed by atoms with Crippen molar-refractivity contribution >= 4 is 12.0 Å². The van der Waals surface area contributed by atoms with E-state index in [1.807, 2.05) is 44.2 Å². The van der Waals surface area contributed by atoms with Gasteiger partial charge in [0.2, 0.25) is 0 Å². The van der Waals surface area contributed by atoms with Crippen molar-refractivity contribution in [3.05, 3.63) is 48.6 Å². The van der Waals surface area contributed by atoms with Crippen molar-refractivity contribution < 1.29 is 14.3 Å². The average molecular weight is 333 g/mol. The lowest BCUT2D eigenvalue weighted by Crippen LogP contribution is -2.55. The predicted molar refractivity (Wildman–Crippen MR) is 94.1 cm³/mol. The molecule has 2 amide bonds. The second-order valence-corrected chi connectivity index (χ2v) is 5.33. The molecule has 6 nitrogen and oxygen atoms in total. The van der Waals surface area contributed by atoms with Gasteiger partial charge in [-0.15, -0.1) is 6.58 Å². The van der Waals surface area contributed by atoms with Crippen LogP contribution in [0.4, 0.5) is 4.79 Å². The summed E-state index contributed by atoms with van der Waals surface area (Å²) < 4.78 is 5.07. The molecule has 0 fully saturated rings. The van der Waals surface area contributed by atoms with Crippen molar-refractivity contribution in [2.75, 3.05) is 13.2 Å². The zero-order chi connectivity index (χ0) is 17.9. The molecule has 6 heteroatoms. The van der Waals surface area contributed by atoms with E-state index < -0.39 is 6.04 Å². The minimum atomic E-state index is -0.555.